The number of aryl methyl sites for hydroxylation is 1. The van der Waals surface area contributed by atoms with Gasteiger partial charge in [0.25, 0.3) is 0 Å². The molecule has 0 atom stereocenters. The summed E-state index contributed by atoms with van der Waals surface area (Å²) in [4.78, 5) is 11.2. The molecule has 0 aliphatic carbocycles. The van der Waals surface area contributed by atoms with E-state index in [0.29, 0.717) is 11.3 Å². The van der Waals surface area contributed by atoms with E-state index in [1.165, 1.54) is 0 Å². The van der Waals surface area contributed by atoms with Gasteiger partial charge in [-0.15, -0.1) is 0 Å². The lowest BCUT2D eigenvalue weighted by Gasteiger charge is -2.12. The monoisotopic (exact) mass is 299 g/mol. The Balaban J connectivity index is 2.85. The first-order valence-corrected chi connectivity index (χ1v) is 6.63. The minimum Gasteiger partial charge on any atom is -0.478 e. The maximum Gasteiger partial charge on any atom is 0.337 e. The third-order valence-corrected chi connectivity index (χ3v) is 3.17. The number of benzene rings is 1. The van der Waals surface area contributed by atoms with Gasteiger partial charge in [0.2, 0.25) is 0 Å². The van der Waals surface area contributed by atoms with Gasteiger partial charge in [-0.1, -0.05) is 19.8 Å². The molecule has 0 amide bonds. The van der Waals surface area contributed by atoms with Gasteiger partial charge in [-0.25, -0.2) is 4.79 Å². The molecular formula is C13H18BrNO2. The molecule has 1 aromatic rings. The summed E-state index contributed by atoms with van der Waals surface area (Å²) in [7, 11) is 0. The first-order valence-electron chi connectivity index (χ1n) is 5.83. The summed E-state index contributed by atoms with van der Waals surface area (Å²) in [5.41, 5.74) is 1.95. The number of hydrogen-bond donors (Lipinski definition) is 2. The summed E-state index contributed by atoms with van der Waals surface area (Å²) < 4.78 is 0.811. The smallest absolute Gasteiger partial charge is 0.337 e. The third kappa shape index (κ3) is 4.04. The number of unbranched alkanes of at least 4 members (excludes halogenated alkanes) is 2. The van der Waals surface area contributed by atoms with E-state index in [2.05, 4.69) is 28.2 Å². The Morgan fingerprint density at radius 3 is 2.71 bits per heavy atom. The van der Waals surface area contributed by atoms with E-state index in [9.17, 15) is 4.79 Å². The Morgan fingerprint density at radius 2 is 2.12 bits per heavy atom. The van der Waals surface area contributed by atoms with Crippen molar-refractivity contribution in [2.75, 3.05) is 11.9 Å². The van der Waals surface area contributed by atoms with Crippen LogP contribution in [0.15, 0.2) is 16.6 Å². The van der Waals surface area contributed by atoms with Crippen molar-refractivity contribution in [3.8, 4) is 0 Å². The van der Waals surface area contributed by atoms with E-state index >= 15 is 0 Å². The third-order valence-electron chi connectivity index (χ3n) is 2.55. The molecule has 0 radical (unpaired) electrons. The second-order valence-electron chi connectivity index (χ2n) is 4.11. The fraction of sp³-hybridized carbons (Fsp3) is 0.462. The van der Waals surface area contributed by atoms with Crippen LogP contribution in [0.25, 0.3) is 0 Å². The van der Waals surface area contributed by atoms with E-state index in [1.807, 2.05) is 13.0 Å². The van der Waals surface area contributed by atoms with Gasteiger partial charge < -0.3 is 10.4 Å². The fourth-order valence-electron chi connectivity index (χ4n) is 1.68. The van der Waals surface area contributed by atoms with E-state index in [-0.39, 0.29) is 0 Å². The predicted molar refractivity (Wildman–Crippen MR) is 73.9 cm³/mol. The lowest BCUT2D eigenvalue weighted by atomic mass is 10.1. The average Bonchev–Trinajstić information content (AvgIpc) is 2.25. The Bertz CT molecular complexity index is 405. The number of hydrogen-bond acceptors (Lipinski definition) is 2. The van der Waals surface area contributed by atoms with Gasteiger partial charge in [0, 0.05) is 11.0 Å². The fourth-order valence-corrected chi connectivity index (χ4v) is 2.39. The quantitative estimate of drug-likeness (QED) is 0.779. The molecule has 94 valence electrons. The molecule has 4 heteroatoms. The van der Waals surface area contributed by atoms with Crippen LogP contribution >= 0.6 is 15.9 Å². The van der Waals surface area contributed by atoms with Crippen molar-refractivity contribution >= 4 is 27.6 Å². The molecule has 0 aliphatic rings. The van der Waals surface area contributed by atoms with Crippen LogP contribution in [0.3, 0.4) is 0 Å². The van der Waals surface area contributed by atoms with Crippen molar-refractivity contribution in [3.63, 3.8) is 0 Å². The van der Waals surface area contributed by atoms with Crippen LogP contribution in [0.1, 0.15) is 42.1 Å². The standard InChI is InChI=1S/C13H18BrNO2/c1-3-4-5-6-15-12-10(13(16)17)7-9(2)8-11(12)14/h7-8,15H,3-6H2,1-2H3,(H,16,17). The highest BCUT2D eigenvalue weighted by atomic mass is 79.9. The zero-order valence-corrected chi connectivity index (χ0v) is 11.8. The summed E-state index contributed by atoms with van der Waals surface area (Å²) in [5, 5.41) is 12.4. The molecule has 0 saturated heterocycles. The molecule has 0 saturated carbocycles. The molecular weight excluding hydrogens is 282 g/mol. The molecule has 3 nitrogen and oxygen atoms in total. The average molecular weight is 300 g/mol. The molecule has 0 heterocycles. The van der Waals surface area contributed by atoms with Crippen LogP contribution in [0.4, 0.5) is 5.69 Å². The van der Waals surface area contributed by atoms with Crippen molar-refractivity contribution < 1.29 is 9.90 Å². The molecule has 0 aliphatic heterocycles. The molecule has 2 N–H and O–H groups in total. The molecule has 0 spiro atoms. The Kier molecular flexibility index (Phi) is 5.48. The van der Waals surface area contributed by atoms with Gasteiger partial charge >= 0.3 is 5.97 Å². The van der Waals surface area contributed by atoms with Crippen LogP contribution in [0, 0.1) is 6.92 Å². The maximum absolute atomic E-state index is 11.2. The van der Waals surface area contributed by atoms with E-state index in [4.69, 9.17) is 5.11 Å². The maximum atomic E-state index is 11.2. The number of rotatable bonds is 6. The molecule has 0 unspecified atom stereocenters. The zero-order valence-electron chi connectivity index (χ0n) is 10.2. The lowest BCUT2D eigenvalue weighted by Crippen LogP contribution is -2.09. The number of carbonyl (C=O) groups is 1. The number of anilines is 1. The van der Waals surface area contributed by atoms with Gasteiger partial charge in [-0.05, 0) is 47.0 Å². The summed E-state index contributed by atoms with van der Waals surface area (Å²) in [6.45, 7) is 4.83. The molecule has 0 aromatic heterocycles. The molecule has 1 aromatic carbocycles. The normalized spacial score (nSPS) is 10.3. The van der Waals surface area contributed by atoms with Crippen molar-refractivity contribution in [2.45, 2.75) is 33.1 Å². The lowest BCUT2D eigenvalue weighted by molar-refractivity contribution is 0.0697. The highest BCUT2D eigenvalue weighted by molar-refractivity contribution is 9.10. The molecule has 17 heavy (non-hydrogen) atoms. The first-order chi connectivity index (χ1) is 8.06. The number of carboxylic acids is 1. The highest BCUT2D eigenvalue weighted by Crippen LogP contribution is 2.28. The van der Waals surface area contributed by atoms with Crippen molar-refractivity contribution in [2.24, 2.45) is 0 Å². The first kappa shape index (κ1) is 14.0. The van der Waals surface area contributed by atoms with Crippen molar-refractivity contribution in [1.82, 2.24) is 0 Å². The van der Waals surface area contributed by atoms with Crippen LogP contribution in [-0.2, 0) is 0 Å². The minimum absolute atomic E-state index is 0.327. The summed E-state index contributed by atoms with van der Waals surface area (Å²) >= 11 is 3.41. The van der Waals surface area contributed by atoms with Gasteiger partial charge in [-0.3, -0.25) is 0 Å². The predicted octanol–water partition coefficient (Wildman–Crippen LogP) is 4.06. The van der Waals surface area contributed by atoms with Crippen LogP contribution in [0.2, 0.25) is 0 Å². The van der Waals surface area contributed by atoms with E-state index in [0.717, 1.165) is 35.8 Å². The van der Waals surface area contributed by atoms with Gasteiger partial charge in [0.15, 0.2) is 0 Å². The topological polar surface area (TPSA) is 49.3 Å². The number of aromatic carboxylic acids is 1. The summed E-state index contributed by atoms with van der Waals surface area (Å²) in [5.74, 6) is -0.896. The van der Waals surface area contributed by atoms with Gasteiger partial charge in [0.1, 0.15) is 0 Å². The highest BCUT2D eigenvalue weighted by Gasteiger charge is 2.13. The van der Waals surface area contributed by atoms with Crippen LogP contribution < -0.4 is 5.32 Å². The Hall–Kier alpha value is -1.03. The number of nitrogens with one attached hydrogen (secondary N) is 1. The van der Waals surface area contributed by atoms with E-state index < -0.39 is 5.97 Å². The summed E-state index contributed by atoms with van der Waals surface area (Å²) in [6, 6.07) is 3.61. The number of halogens is 1. The largest absolute Gasteiger partial charge is 0.478 e. The number of carboxylic acid groups (broad SMARTS) is 1. The molecule has 0 fully saturated rings. The van der Waals surface area contributed by atoms with E-state index in [1.54, 1.807) is 6.07 Å². The molecule has 0 bridgehead atoms. The Morgan fingerprint density at radius 1 is 1.41 bits per heavy atom. The summed E-state index contributed by atoms with van der Waals surface area (Å²) in [6.07, 6.45) is 3.36. The van der Waals surface area contributed by atoms with Gasteiger partial charge in [-0.2, -0.15) is 0 Å². The van der Waals surface area contributed by atoms with Crippen LogP contribution in [-0.4, -0.2) is 17.6 Å². The second kappa shape index (κ2) is 6.64. The van der Waals surface area contributed by atoms with Crippen molar-refractivity contribution in [3.05, 3.63) is 27.7 Å². The molecule has 1 rings (SSSR count). The second-order valence-corrected chi connectivity index (χ2v) is 4.96. The van der Waals surface area contributed by atoms with Crippen molar-refractivity contribution in [1.29, 1.82) is 0 Å². The van der Waals surface area contributed by atoms with Gasteiger partial charge in [0.05, 0.1) is 11.3 Å². The zero-order chi connectivity index (χ0) is 12.8. The van der Waals surface area contributed by atoms with Crippen LogP contribution in [0.5, 0.6) is 0 Å². The minimum atomic E-state index is -0.896. The SMILES string of the molecule is CCCCCNc1c(Br)cc(C)cc1C(=O)O. The Labute approximate surface area is 110 Å².